The number of benzene rings is 2. The van der Waals surface area contributed by atoms with Gasteiger partial charge in [-0.3, -0.25) is 10.2 Å². The molecule has 2 aromatic carbocycles. The molecule has 8 heteroatoms. The molecule has 1 N–H and O–H groups in total. The van der Waals surface area contributed by atoms with Gasteiger partial charge in [0.25, 0.3) is 5.91 Å². The molecule has 5 rings (SSSR count). The molecule has 3 aliphatic rings. The summed E-state index contributed by atoms with van der Waals surface area (Å²) in [6, 6.07) is 15.6. The Morgan fingerprint density at radius 3 is 2.18 bits per heavy atom. The van der Waals surface area contributed by atoms with E-state index in [-0.39, 0.29) is 16.8 Å². The molecule has 38 heavy (non-hydrogen) atoms. The first kappa shape index (κ1) is 26.2. The molecule has 0 spiro atoms. The molecule has 0 radical (unpaired) electrons. The van der Waals surface area contributed by atoms with Gasteiger partial charge in [-0.2, -0.15) is 15.1 Å². The molecule has 198 valence electrons. The van der Waals surface area contributed by atoms with E-state index in [1.807, 2.05) is 36.4 Å². The quantitative estimate of drug-likeness (QED) is 0.320. The molecule has 0 atom stereocenters. The average Bonchev–Trinajstić information content (AvgIpc) is 3.34. The molecular weight excluding hydrogens is 496 g/mol. The summed E-state index contributed by atoms with van der Waals surface area (Å²) in [5.74, 6) is 1.61. The number of ether oxygens (including phenoxy) is 2. The molecule has 2 aliphatic heterocycles. The Kier molecular flexibility index (Phi) is 7.70. The summed E-state index contributed by atoms with van der Waals surface area (Å²) < 4.78 is 11.6. The highest BCUT2D eigenvalue weighted by Gasteiger charge is 2.37. The Hall–Kier alpha value is -3.39. The number of amides is 1. The molecule has 0 aromatic heterocycles. The van der Waals surface area contributed by atoms with E-state index in [0.29, 0.717) is 30.0 Å². The van der Waals surface area contributed by atoms with E-state index in [1.54, 1.807) is 6.08 Å². The number of fused-ring (bicyclic) bond motifs is 1. The lowest BCUT2D eigenvalue weighted by molar-refractivity contribution is -0.114. The van der Waals surface area contributed by atoms with Crippen LogP contribution in [0.4, 0.5) is 0 Å². The first-order valence-corrected chi connectivity index (χ1v) is 14.1. The van der Waals surface area contributed by atoms with E-state index in [1.165, 1.54) is 41.6 Å². The fourth-order valence-corrected chi connectivity index (χ4v) is 5.78. The third-order valence-corrected chi connectivity index (χ3v) is 8.03. The standard InChI is InChI=1S/C30H34N4O3S/c1-30(2,3)22-11-15-24(16-12-22)37-18-17-36-23-13-9-20(10-14-23)19-25-26(31)34-29(32-27(25)35)38-28(33-34)21-7-5-4-6-8-21/h9-16,19,21,31H,4-8,17-18H2,1-3H3. The van der Waals surface area contributed by atoms with Crippen LogP contribution in [0.15, 0.2) is 64.2 Å². The number of carbonyl (C=O) groups excluding carboxylic acids is 1. The smallest absolute Gasteiger partial charge is 0.283 e. The van der Waals surface area contributed by atoms with Crippen molar-refractivity contribution in [2.75, 3.05) is 13.2 Å². The SMILES string of the molecule is CC(C)(C)c1ccc(OCCOc2ccc(C=C3C(=N)N4N=C(C5CCCCC5)SC4=NC3=O)cc2)cc1. The summed E-state index contributed by atoms with van der Waals surface area (Å²) in [6.45, 7) is 7.41. The molecule has 0 bridgehead atoms. The van der Waals surface area contributed by atoms with Crippen LogP contribution < -0.4 is 9.47 Å². The van der Waals surface area contributed by atoms with Crippen molar-refractivity contribution in [1.82, 2.24) is 5.01 Å². The number of aliphatic imine (C=N–C) groups is 1. The molecule has 2 aromatic rings. The maximum Gasteiger partial charge on any atom is 0.283 e. The zero-order valence-electron chi connectivity index (χ0n) is 22.2. The minimum Gasteiger partial charge on any atom is -0.490 e. The summed E-state index contributed by atoms with van der Waals surface area (Å²) >= 11 is 1.44. The number of rotatable bonds is 7. The number of nitrogens with one attached hydrogen (secondary N) is 1. The molecule has 1 aliphatic carbocycles. The average molecular weight is 531 g/mol. The van der Waals surface area contributed by atoms with Gasteiger partial charge in [0.15, 0.2) is 5.84 Å². The van der Waals surface area contributed by atoms with Gasteiger partial charge >= 0.3 is 0 Å². The summed E-state index contributed by atoms with van der Waals surface area (Å²) in [5, 5.41) is 16.3. The van der Waals surface area contributed by atoms with Crippen molar-refractivity contribution in [1.29, 1.82) is 5.41 Å². The molecular formula is C30H34N4O3S. The van der Waals surface area contributed by atoms with Gasteiger partial charge in [0.05, 0.1) is 5.57 Å². The van der Waals surface area contributed by atoms with Crippen LogP contribution in [0.5, 0.6) is 11.5 Å². The van der Waals surface area contributed by atoms with Gasteiger partial charge in [-0.15, -0.1) is 0 Å². The number of nitrogens with zero attached hydrogens (tertiary/aromatic N) is 3. The van der Waals surface area contributed by atoms with Crippen LogP contribution in [0, 0.1) is 11.3 Å². The van der Waals surface area contributed by atoms with E-state index >= 15 is 0 Å². The minimum atomic E-state index is -0.401. The first-order chi connectivity index (χ1) is 18.3. The number of amidine groups is 2. The highest BCUT2D eigenvalue weighted by Crippen LogP contribution is 2.36. The second-order valence-corrected chi connectivity index (χ2v) is 11.8. The van der Waals surface area contributed by atoms with E-state index in [4.69, 9.17) is 14.9 Å². The first-order valence-electron chi connectivity index (χ1n) is 13.2. The van der Waals surface area contributed by atoms with E-state index in [2.05, 4.69) is 43.0 Å². The molecule has 1 amide bonds. The highest BCUT2D eigenvalue weighted by atomic mass is 32.2. The normalized spacial score (nSPS) is 19.3. The van der Waals surface area contributed by atoms with Gasteiger partial charge < -0.3 is 9.47 Å². The second-order valence-electron chi connectivity index (χ2n) is 10.8. The van der Waals surface area contributed by atoms with Gasteiger partial charge in [0.1, 0.15) is 29.8 Å². The number of thioether (sulfide) groups is 1. The Bertz CT molecular complexity index is 1280. The minimum absolute atomic E-state index is 0.0753. The summed E-state index contributed by atoms with van der Waals surface area (Å²) in [7, 11) is 0. The fraction of sp³-hybridized carbons (Fsp3) is 0.400. The predicted molar refractivity (Wildman–Crippen MR) is 154 cm³/mol. The van der Waals surface area contributed by atoms with Crippen molar-refractivity contribution in [2.24, 2.45) is 16.0 Å². The second kappa shape index (κ2) is 11.2. The van der Waals surface area contributed by atoms with E-state index in [9.17, 15) is 4.79 Å². The van der Waals surface area contributed by atoms with Crippen LogP contribution in [0.1, 0.15) is 64.0 Å². The van der Waals surface area contributed by atoms with Crippen LogP contribution in [0.2, 0.25) is 0 Å². The third kappa shape index (κ3) is 6.01. The van der Waals surface area contributed by atoms with Crippen LogP contribution >= 0.6 is 11.8 Å². The number of hydrogen-bond donors (Lipinski definition) is 1. The van der Waals surface area contributed by atoms with Gasteiger partial charge in [0, 0.05) is 5.92 Å². The van der Waals surface area contributed by atoms with Crippen molar-refractivity contribution in [3.05, 3.63) is 65.2 Å². The van der Waals surface area contributed by atoms with Gasteiger partial charge in [-0.25, -0.2) is 0 Å². The van der Waals surface area contributed by atoms with Crippen LogP contribution in [-0.2, 0) is 10.2 Å². The molecule has 7 nitrogen and oxygen atoms in total. The lowest BCUT2D eigenvalue weighted by Gasteiger charge is -2.20. The third-order valence-electron chi connectivity index (χ3n) is 6.96. The van der Waals surface area contributed by atoms with Crippen LogP contribution in [0.25, 0.3) is 6.08 Å². The van der Waals surface area contributed by atoms with Crippen molar-refractivity contribution >= 4 is 39.8 Å². The Balaban J connectivity index is 1.16. The van der Waals surface area contributed by atoms with Crippen LogP contribution in [0.3, 0.4) is 0 Å². The number of hydrogen-bond acceptors (Lipinski definition) is 6. The topological polar surface area (TPSA) is 87.3 Å². The zero-order valence-corrected chi connectivity index (χ0v) is 23.0. The lowest BCUT2D eigenvalue weighted by Crippen LogP contribution is -2.35. The van der Waals surface area contributed by atoms with Crippen molar-refractivity contribution in [3.8, 4) is 11.5 Å². The van der Waals surface area contributed by atoms with Crippen molar-refractivity contribution in [2.45, 2.75) is 58.3 Å². The predicted octanol–water partition coefficient (Wildman–Crippen LogP) is 6.64. The van der Waals surface area contributed by atoms with Gasteiger partial charge in [-0.1, -0.05) is 64.3 Å². The molecule has 0 unspecified atom stereocenters. The monoisotopic (exact) mass is 530 g/mol. The van der Waals surface area contributed by atoms with Gasteiger partial charge in [-0.05, 0) is 71.5 Å². The number of hydrazone groups is 1. The van der Waals surface area contributed by atoms with Crippen molar-refractivity contribution in [3.63, 3.8) is 0 Å². The number of carbonyl (C=O) groups is 1. The molecule has 1 saturated carbocycles. The highest BCUT2D eigenvalue weighted by molar-refractivity contribution is 8.27. The maximum absolute atomic E-state index is 12.7. The Labute approximate surface area is 228 Å². The maximum atomic E-state index is 12.7. The zero-order chi connectivity index (χ0) is 26.7. The molecule has 0 saturated heterocycles. The largest absolute Gasteiger partial charge is 0.490 e. The summed E-state index contributed by atoms with van der Waals surface area (Å²) in [5.41, 5.74) is 2.42. The van der Waals surface area contributed by atoms with E-state index < -0.39 is 5.91 Å². The van der Waals surface area contributed by atoms with Crippen molar-refractivity contribution < 1.29 is 14.3 Å². The van der Waals surface area contributed by atoms with E-state index in [0.717, 1.165) is 29.2 Å². The molecule has 1 fully saturated rings. The lowest BCUT2D eigenvalue weighted by atomic mass is 9.87. The Morgan fingerprint density at radius 2 is 1.58 bits per heavy atom. The summed E-state index contributed by atoms with van der Waals surface area (Å²) in [4.78, 5) is 17.0. The van der Waals surface area contributed by atoms with Gasteiger partial charge in [0.2, 0.25) is 5.17 Å². The molecule has 2 heterocycles. The summed E-state index contributed by atoms with van der Waals surface area (Å²) in [6.07, 6.45) is 7.60. The Morgan fingerprint density at radius 1 is 0.974 bits per heavy atom. The van der Waals surface area contributed by atoms with Crippen LogP contribution in [-0.4, -0.2) is 40.2 Å². The fourth-order valence-electron chi connectivity index (χ4n) is 4.72.